The Bertz CT molecular complexity index is 345. The van der Waals surface area contributed by atoms with Crippen molar-refractivity contribution in [1.82, 2.24) is 4.90 Å². The molecule has 90 valence electrons. The van der Waals surface area contributed by atoms with Gasteiger partial charge in [0.15, 0.2) is 0 Å². The second kappa shape index (κ2) is 7.86. The molecule has 0 amide bonds. The summed E-state index contributed by atoms with van der Waals surface area (Å²) in [7, 11) is 3.89. The number of likely N-dealkylation sites (N-methyl/N-ethyl adjacent to an activating group) is 1. The first-order valence-corrected chi connectivity index (χ1v) is 5.75. The van der Waals surface area contributed by atoms with E-state index in [1.807, 2.05) is 37.2 Å². The van der Waals surface area contributed by atoms with Crippen LogP contribution >= 0.6 is 35.0 Å². The molecule has 5 heteroatoms. The Balaban J connectivity index is 0.00000225. The first kappa shape index (κ1) is 15.7. The van der Waals surface area contributed by atoms with Crippen LogP contribution in [0.3, 0.4) is 0 Å². The van der Waals surface area contributed by atoms with Gasteiger partial charge in [0.25, 0.3) is 0 Å². The lowest BCUT2D eigenvalue weighted by Crippen LogP contribution is -2.20. The first-order chi connectivity index (χ1) is 7.11. The predicted octanol–water partition coefficient (Wildman–Crippen LogP) is 2.43. The number of hydrogen-bond donors (Lipinski definition) is 0. The van der Waals surface area contributed by atoms with Crippen molar-refractivity contribution in [3.8, 4) is 0 Å². The highest BCUT2D eigenvalue weighted by atomic mass is 127. The van der Waals surface area contributed by atoms with E-state index in [9.17, 15) is 4.79 Å². The van der Waals surface area contributed by atoms with Gasteiger partial charge in [0.05, 0.1) is 5.56 Å². The first-order valence-electron chi connectivity index (χ1n) is 4.67. The van der Waals surface area contributed by atoms with Gasteiger partial charge < -0.3 is 9.64 Å². The van der Waals surface area contributed by atoms with Gasteiger partial charge in [-0.05, 0) is 48.8 Å². The summed E-state index contributed by atoms with van der Waals surface area (Å²) in [4.78, 5) is 13.6. The van der Waals surface area contributed by atoms with Gasteiger partial charge in [-0.15, -0.1) is 12.4 Å². The van der Waals surface area contributed by atoms with E-state index in [0.29, 0.717) is 12.2 Å². The Labute approximate surface area is 116 Å². The third kappa shape index (κ3) is 5.14. The molecule has 0 fully saturated rings. The summed E-state index contributed by atoms with van der Waals surface area (Å²) in [5, 5.41) is 0. The molecule has 0 spiro atoms. The molecule has 0 bridgehead atoms. The maximum absolute atomic E-state index is 11.6. The smallest absolute Gasteiger partial charge is 0.339 e. The van der Waals surface area contributed by atoms with Gasteiger partial charge >= 0.3 is 5.97 Å². The molecule has 1 rings (SSSR count). The molecule has 0 aliphatic heterocycles. The predicted molar refractivity (Wildman–Crippen MR) is 75.2 cm³/mol. The normalized spacial score (nSPS) is 9.75. The van der Waals surface area contributed by atoms with E-state index in [4.69, 9.17) is 4.74 Å². The minimum absolute atomic E-state index is 0. The number of hydrogen-bond acceptors (Lipinski definition) is 3. The van der Waals surface area contributed by atoms with E-state index in [-0.39, 0.29) is 18.4 Å². The molecule has 0 unspecified atom stereocenters. The molecule has 0 atom stereocenters. The summed E-state index contributed by atoms with van der Waals surface area (Å²) in [6.45, 7) is 1.17. The fourth-order valence-corrected chi connectivity index (χ4v) is 1.63. The highest BCUT2D eigenvalue weighted by molar-refractivity contribution is 14.1. The van der Waals surface area contributed by atoms with Gasteiger partial charge in [0.2, 0.25) is 0 Å². The Morgan fingerprint density at radius 3 is 2.56 bits per heavy atom. The second-order valence-corrected chi connectivity index (χ2v) is 4.58. The lowest BCUT2D eigenvalue weighted by Gasteiger charge is -2.10. The maximum atomic E-state index is 11.6. The van der Waals surface area contributed by atoms with Gasteiger partial charge in [-0.3, -0.25) is 0 Å². The lowest BCUT2D eigenvalue weighted by atomic mass is 10.2. The van der Waals surface area contributed by atoms with Crippen molar-refractivity contribution >= 4 is 41.0 Å². The highest BCUT2D eigenvalue weighted by Crippen LogP contribution is 2.12. The molecule has 16 heavy (non-hydrogen) atoms. The third-order valence-corrected chi connectivity index (χ3v) is 2.81. The van der Waals surface area contributed by atoms with Crippen molar-refractivity contribution in [2.45, 2.75) is 0 Å². The SMILES string of the molecule is CN(C)CCOC(=O)c1ccccc1I.Cl. The number of carbonyl (C=O) groups is 1. The number of ether oxygens (including phenoxy) is 1. The van der Waals surface area contributed by atoms with Crippen LogP contribution in [0.15, 0.2) is 24.3 Å². The molecule has 0 saturated heterocycles. The minimum atomic E-state index is -0.248. The fourth-order valence-electron chi connectivity index (χ4n) is 1.03. The van der Waals surface area contributed by atoms with Crippen molar-refractivity contribution in [2.24, 2.45) is 0 Å². The summed E-state index contributed by atoms with van der Waals surface area (Å²) in [5.74, 6) is -0.248. The van der Waals surface area contributed by atoms with Gasteiger partial charge in [0, 0.05) is 10.1 Å². The zero-order valence-electron chi connectivity index (χ0n) is 9.27. The van der Waals surface area contributed by atoms with Crippen molar-refractivity contribution in [2.75, 3.05) is 27.2 Å². The number of halogens is 2. The van der Waals surface area contributed by atoms with Crippen LogP contribution in [0.2, 0.25) is 0 Å². The zero-order valence-corrected chi connectivity index (χ0v) is 12.2. The molecule has 1 aromatic carbocycles. The topological polar surface area (TPSA) is 29.5 Å². The summed E-state index contributed by atoms with van der Waals surface area (Å²) in [6, 6.07) is 7.41. The molecule has 3 nitrogen and oxygen atoms in total. The Morgan fingerprint density at radius 1 is 1.38 bits per heavy atom. The van der Waals surface area contributed by atoms with E-state index in [1.54, 1.807) is 6.07 Å². The van der Waals surface area contributed by atoms with Crippen molar-refractivity contribution < 1.29 is 9.53 Å². The summed E-state index contributed by atoms with van der Waals surface area (Å²) >= 11 is 2.13. The average Bonchev–Trinajstić information content (AvgIpc) is 2.17. The van der Waals surface area contributed by atoms with E-state index in [2.05, 4.69) is 22.6 Å². The molecular weight excluding hydrogens is 340 g/mol. The molecule has 0 saturated carbocycles. The Hall–Kier alpha value is -0.330. The van der Waals surface area contributed by atoms with Crippen molar-refractivity contribution in [1.29, 1.82) is 0 Å². The highest BCUT2D eigenvalue weighted by Gasteiger charge is 2.09. The molecule has 0 heterocycles. The van der Waals surface area contributed by atoms with Crippen molar-refractivity contribution in [3.63, 3.8) is 0 Å². The van der Waals surface area contributed by atoms with Crippen LogP contribution in [0.4, 0.5) is 0 Å². The average molecular weight is 356 g/mol. The van der Waals surface area contributed by atoms with E-state index in [0.717, 1.165) is 10.1 Å². The minimum Gasteiger partial charge on any atom is -0.461 e. The van der Waals surface area contributed by atoms with Crippen LogP contribution in [-0.4, -0.2) is 38.1 Å². The molecule has 0 N–H and O–H groups in total. The Kier molecular flexibility index (Phi) is 7.70. The van der Waals surface area contributed by atoms with E-state index < -0.39 is 0 Å². The van der Waals surface area contributed by atoms with Crippen LogP contribution < -0.4 is 0 Å². The third-order valence-electron chi connectivity index (χ3n) is 1.87. The van der Waals surface area contributed by atoms with Crippen molar-refractivity contribution in [3.05, 3.63) is 33.4 Å². The summed E-state index contributed by atoms with van der Waals surface area (Å²) in [6.07, 6.45) is 0. The van der Waals surface area contributed by atoms with Crippen LogP contribution in [0.1, 0.15) is 10.4 Å². The molecule has 0 radical (unpaired) electrons. The number of rotatable bonds is 4. The van der Waals surface area contributed by atoms with Crippen LogP contribution in [-0.2, 0) is 4.74 Å². The van der Waals surface area contributed by atoms with Gasteiger partial charge in [0.1, 0.15) is 6.61 Å². The maximum Gasteiger partial charge on any atom is 0.339 e. The van der Waals surface area contributed by atoms with Crippen LogP contribution in [0.5, 0.6) is 0 Å². The van der Waals surface area contributed by atoms with E-state index >= 15 is 0 Å². The van der Waals surface area contributed by atoms with Gasteiger partial charge in [-0.25, -0.2) is 4.79 Å². The standard InChI is InChI=1S/C11H14INO2.ClH/c1-13(2)7-8-15-11(14)9-5-3-4-6-10(9)12;/h3-6H,7-8H2,1-2H3;1H. The molecule has 0 aromatic heterocycles. The zero-order chi connectivity index (χ0) is 11.3. The quantitative estimate of drug-likeness (QED) is 0.614. The number of benzene rings is 1. The second-order valence-electron chi connectivity index (χ2n) is 3.42. The summed E-state index contributed by atoms with van der Waals surface area (Å²) in [5.41, 5.74) is 0.636. The number of carbonyl (C=O) groups excluding carboxylic acids is 1. The summed E-state index contributed by atoms with van der Waals surface area (Å²) < 4.78 is 6.06. The van der Waals surface area contributed by atoms with Gasteiger partial charge in [-0.1, -0.05) is 12.1 Å². The Morgan fingerprint density at radius 2 is 2.00 bits per heavy atom. The molecule has 1 aromatic rings. The fraction of sp³-hybridized carbons (Fsp3) is 0.364. The number of nitrogens with zero attached hydrogens (tertiary/aromatic N) is 1. The molecule has 0 aliphatic rings. The van der Waals surface area contributed by atoms with Crippen LogP contribution in [0, 0.1) is 3.57 Å². The van der Waals surface area contributed by atoms with Gasteiger partial charge in [-0.2, -0.15) is 0 Å². The monoisotopic (exact) mass is 355 g/mol. The largest absolute Gasteiger partial charge is 0.461 e. The number of esters is 1. The molecular formula is C11H15ClINO2. The lowest BCUT2D eigenvalue weighted by molar-refractivity contribution is 0.0480. The van der Waals surface area contributed by atoms with E-state index in [1.165, 1.54) is 0 Å². The van der Waals surface area contributed by atoms with Crippen LogP contribution in [0.25, 0.3) is 0 Å². The molecule has 0 aliphatic carbocycles.